The maximum absolute atomic E-state index is 12.2. The summed E-state index contributed by atoms with van der Waals surface area (Å²) in [4.78, 5) is 18.5. The number of benzene rings is 1. The molecule has 2 saturated carbocycles. The lowest BCUT2D eigenvalue weighted by atomic mass is 9.46. The smallest absolute Gasteiger partial charge is 0.243 e. The molecule has 1 aromatic rings. The number of ether oxygens (including phenoxy) is 2. The number of carbonyl (C=O) groups is 1. The number of likely N-dealkylation sites (N-methyl/N-ethyl adjacent to an activating group) is 1. The molecule has 8 heteroatoms. The molecule has 1 aromatic carbocycles. The Kier molecular flexibility index (Phi) is 6.67. The number of fused-ring (bicyclic) bond motifs is 3. The first-order chi connectivity index (χ1) is 14.6. The maximum atomic E-state index is 12.2. The van der Waals surface area contributed by atoms with Crippen LogP contribution in [0.5, 0.6) is 5.75 Å². The minimum Gasteiger partial charge on any atom is -0.493 e. The topological polar surface area (TPSA) is 75.2 Å². The highest BCUT2D eigenvalue weighted by atomic mass is 127. The molecule has 2 N–H and O–H groups in total. The Labute approximate surface area is 201 Å². The number of para-hydroxylation sites is 1. The average Bonchev–Trinajstić information content (AvgIpc) is 3.13. The van der Waals surface area contributed by atoms with E-state index in [0.717, 1.165) is 36.7 Å². The van der Waals surface area contributed by atoms with E-state index in [2.05, 4.69) is 16.7 Å². The summed E-state index contributed by atoms with van der Waals surface area (Å²) in [6.07, 6.45) is 6.08. The molecule has 4 aliphatic rings. The van der Waals surface area contributed by atoms with Gasteiger partial charge in [-0.2, -0.15) is 0 Å². The first kappa shape index (κ1) is 22.6. The fraction of sp³-hybridized carbons (Fsp3) is 0.652. The number of hydrogen-bond donors (Lipinski definition) is 2. The van der Waals surface area contributed by atoms with Crippen molar-refractivity contribution < 1.29 is 14.3 Å². The van der Waals surface area contributed by atoms with Crippen LogP contribution in [0.2, 0.25) is 0 Å². The molecule has 4 atom stereocenters. The van der Waals surface area contributed by atoms with Crippen molar-refractivity contribution in [3.05, 3.63) is 29.8 Å². The van der Waals surface area contributed by atoms with E-state index in [1.165, 1.54) is 19.3 Å². The lowest BCUT2D eigenvalue weighted by Gasteiger charge is -2.63. The molecule has 3 fully saturated rings. The number of aliphatic imine (C=N–C) groups is 1. The minimum absolute atomic E-state index is 0. The first-order valence-electron chi connectivity index (χ1n) is 11.2. The lowest BCUT2D eigenvalue weighted by molar-refractivity contribution is -0.171. The van der Waals surface area contributed by atoms with Gasteiger partial charge in [-0.3, -0.25) is 4.79 Å². The van der Waals surface area contributed by atoms with Crippen LogP contribution in [-0.2, 0) is 9.53 Å². The Morgan fingerprint density at radius 2 is 2.00 bits per heavy atom. The highest BCUT2D eigenvalue weighted by Gasteiger charge is 2.66. The van der Waals surface area contributed by atoms with Crippen molar-refractivity contribution >= 4 is 35.8 Å². The molecule has 1 amide bonds. The van der Waals surface area contributed by atoms with Gasteiger partial charge in [-0.1, -0.05) is 24.6 Å². The summed E-state index contributed by atoms with van der Waals surface area (Å²) >= 11 is 0. The SMILES string of the molecule is CN(C)C(=O)CN=C(NC1CCOc2ccccc21)NC1C2CCOC2C12CCC2.I. The number of carbonyl (C=O) groups excluding carboxylic acids is 1. The Morgan fingerprint density at radius 3 is 2.74 bits per heavy atom. The average molecular weight is 540 g/mol. The third kappa shape index (κ3) is 4.01. The van der Waals surface area contributed by atoms with Gasteiger partial charge >= 0.3 is 0 Å². The van der Waals surface area contributed by atoms with Crippen LogP contribution in [0.4, 0.5) is 0 Å². The van der Waals surface area contributed by atoms with Crippen LogP contribution in [0.15, 0.2) is 29.3 Å². The van der Waals surface area contributed by atoms with Gasteiger partial charge in [0.2, 0.25) is 5.91 Å². The monoisotopic (exact) mass is 540 g/mol. The third-order valence-corrected chi connectivity index (χ3v) is 7.47. The van der Waals surface area contributed by atoms with Crippen molar-refractivity contribution in [2.24, 2.45) is 16.3 Å². The molecule has 5 rings (SSSR count). The lowest BCUT2D eigenvalue weighted by Crippen LogP contribution is -2.72. The zero-order valence-corrected chi connectivity index (χ0v) is 20.6. The number of nitrogens with one attached hydrogen (secondary N) is 2. The molecular formula is C23H33IN4O3. The van der Waals surface area contributed by atoms with E-state index < -0.39 is 0 Å². The number of guanidine groups is 1. The van der Waals surface area contributed by atoms with E-state index in [1.807, 2.05) is 18.2 Å². The van der Waals surface area contributed by atoms with Crippen molar-refractivity contribution in [1.29, 1.82) is 0 Å². The third-order valence-electron chi connectivity index (χ3n) is 7.47. The molecule has 1 spiro atoms. The van der Waals surface area contributed by atoms with Gasteiger partial charge in [0.25, 0.3) is 0 Å². The molecule has 7 nitrogen and oxygen atoms in total. The summed E-state index contributed by atoms with van der Waals surface area (Å²) in [6.45, 7) is 1.67. The van der Waals surface area contributed by atoms with Gasteiger partial charge in [-0.25, -0.2) is 4.99 Å². The molecule has 0 aromatic heterocycles. The largest absolute Gasteiger partial charge is 0.493 e. The van der Waals surface area contributed by atoms with Crippen LogP contribution in [0.3, 0.4) is 0 Å². The zero-order valence-electron chi connectivity index (χ0n) is 18.3. The molecular weight excluding hydrogens is 507 g/mol. The predicted molar refractivity (Wildman–Crippen MR) is 130 cm³/mol. The molecule has 1 saturated heterocycles. The second-order valence-corrected chi connectivity index (χ2v) is 9.28. The fourth-order valence-electron chi connectivity index (χ4n) is 5.68. The number of nitrogens with zero attached hydrogens (tertiary/aromatic N) is 2. The molecule has 2 heterocycles. The summed E-state index contributed by atoms with van der Waals surface area (Å²) in [6, 6.07) is 8.64. The quantitative estimate of drug-likeness (QED) is 0.349. The zero-order chi connectivity index (χ0) is 20.7. The number of rotatable bonds is 4. The van der Waals surface area contributed by atoms with Crippen molar-refractivity contribution in [3.8, 4) is 5.75 Å². The maximum Gasteiger partial charge on any atom is 0.243 e. The normalized spacial score (nSPS) is 29.9. The molecule has 2 aliphatic carbocycles. The van der Waals surface area contributed by atoms with Crippen LogP contribution < -0.4 is 15.4 Å². The van der Waals surface area contributed by atoms with E-state index in [1.54, 1.807) is 19.0 Å². The summed E-state index contributed by atoms with van der Waals surface area (Å²) in [5, 5.41) is 7.36. The fourth-order valence-corrected chi connectivity index (χ4v) is 5.68. The summed E-state index contributed by atoms with van der Waals surface area (Å²) in [7, 11) is 3.53. The van der Waals surface area contributed by atoms with Crippen molar-refractivity contribution in [3.63, 3.8) is 0 Å². The van der Waals surface area contributed by atoms with Gasteiger partial charge < -0.3 is 25.0 Å². The van der Waals surface area contributed by atoms with Gasteiger partial charge in [-0.15, -0.1) is 24.0 Å². The Hall–Kier alpha value is -1.55. The summed E-state index contributed by atoms with van der Waals surface area (Å²) < 4.78 is 11.9. The molecule has 4 unspecified atom stereocenters. The van der Waals surface area contributed by atoms with Crippen LogP contribution in [0.1, 0.15) is 43.7 Å². The van der Waals surface area contributed by atoms with E-state index in [0.29, 0.717) is 24.7 Å². The van der Waals surface area contributed by atoms with Gasteiger partial charge in [0.05, 0.1) is 18.8 Å². The van der Waals surface area contributed by atoms with E-state index in [9.17, 15) is 4.79 Å². The van der Waals surface area contributed by atoms with Crippen molar-refractivity contribution in [2.45, 2.75) is 50.3 Å². The number of halogens is 1. The van der Waals surface area contributed by atoms with Crippen LogP contribution in [0.25, 0.3) is 0 Å². The van der Waals surface area contributed by atoms with Gasteiger partial charge in [0.1, 0.15) is 12.3 Å². The van der Waals surface area contributed by atoms with Crippen LogP contribution in [-0.4, -0.2) is 62.8 Å². The molecule has 2 aliphatic heterocycles. The van der Waals surface area contributed by atoms with Crippen LogP contribution in [0, 0.1) is 11.3 Å². The van der Waals surface area contributed by atoms with Gasteiger partial charge in [0, 0.05) is 50.1 Å². The van der Waals surface area contributed by atoms with Crippen LogP contribution >= 0.6 is 24.0 Å². The second kappa shape index (κ2) is 9.13. The number of hydrogen-bond acceptors (Lipinski definition) is 4. The van der Waals surface area contributed by atoms with Gasteiger partial charge in [-0.05, 0) is 25.3 Å². The van der Waals surface area contributed by atoms with Crippen molar-refractivity contribution in [1.82, 2.24) is 15.5 Å². The van der Waals surface area contributed by atoms with Crippen molar-refractivity contribution in [2.75, 3.05) is 33.9 Å². The van der Waals surface area contributed by atoms with E-state index in [4.69, 9.17) is 14.5 Å². The molecule has 31 heavy (non-hydrogen) atoms. The highest BCUT2D eigenvalue weighted by molar-refractivity contribution is 14.0. The Balaban J connectivity index is 0.00000231. The van der Waals surface area contributed by atoms with E-state index in [-0.39, 0.29) is 47.9 Å². The van der Waals surface area contributed by atoms with E-state index >= 15 is 0 Å². The predicted octanol–water partition coefficient (Wildman–Crippen LogP) is 2.71. The molecule has 170 valence electrons. The summed E-state index contributed by atoms with van der Waals surface area (Å²) in [5.41, 5.74) is 1.40. The standard InChI is InChI=1S/C23H32N4O3.HI/c1-27(2)19(28)14-24-22(25-17-9-13-29-18-7-4-3-6-15(17)18)26-20-16-8-12-30-21(16)23(20)10-5-11-23;/h3-4,6-7,16-17,20-21H,5,8-14H2,1-2H3,(H2,24,25,26);1H. The first-order valence-corrected chi connectivity index (χ1v) is 11.2. The Morgan fingerprint density at radius 1 is 1.19 bits per heavy atom. The highest BCUT2D eigenvalue weighted by Crippen LogP contribution is 2.62. The number of amides is 1. The minimum atomic E-state index is -0.00230. The summed E-state index contributed by atoms with van der Waals surface area (Å²) in [5.74, 6) is 2.20. The molecule has 0 radical (unpaired) electrons. The Bertz CT molecular complexity index is 842. The van der Waals surface area contributed by atoms with Gasteiger partial charge in [0.15, 0.2) is 5.96 Å². The molecule has 0 bridgehead atoms. The second-order valence-electron chi connectivity index (χ2n) is 9.28.